The Labute approximate surface area is 122 Å². The van der Waals surface area contributed by atoms with E-state index in [-0.39, 0.29) is 11.9 Å². The summed E-state index contributed by atoms with van der Waals surface area (Å²) in [6.07, 6.45) is 4.95. The van der Waals surface area contributed by atoms with Gasteiger partial charge in [0.2, 0.25) is 0 Å². The molecule has 0 N–H and O–H groups in total. The van der Waals surface area contributed by atoms with E-state index in [1.54, 1.807) is 23.0 Å². The van der Waals surface area contributed by atoms with E-state index in [0.29, 0.717) is 23.1 Å². The fourth-order valence-corrected chi connectivity index (χ4v) is 3.47. The van der Waals surface area contributed by atoms with E-state index < -0.39 is 0 Å². The molecule has 0 spiro atoms. The van der Waals surface area contributed by atoms with Crippen LogP contribution < -0.4 is 4.90 Å². The van der Waals surface area contributed by atoms with Crippen molar-refractivity contribution < 1.29 is 9.59 Å². The average molecular weight is 294 g/mol. The van der Waals surface area contributed by atoms with Gasteiger partial charge in [0.1, 0.15) is 4.88 Å². The molecular formula is C13H18N4O2S. The van der Waals surface area contributed by atoms with Crippen molar-refractivity contribution >= 4 is 28.4 Å². The molecule has 108 valence electrons. The summed E-state index contributed by atoms with van der Waals surface area (Å²) in [7, 11) is 1.77. The minimum Gasteiger partial charge on any atom is -0.338 e. The molecule has 0 bridgehead atoms. The van der Waals surface area contributed by atoms with Crippen molar-refractivity contribution in [1.29, 1.82) is 0 Å². The van der Waals surface area contributed by atoms with Crippen LogP contribution in [0.25, 0.3) is 0 Å². The number of carbonyl (C=O) groups is 2. The van der Waals surface area contributed by atoms with Crippen molar-refractivity contribution in [3.63, 3.8) is 0 Å². The van der Waals surface area contributed by atoms with Crippen LogP contribution in [-0.2, 0) is 0 Å². The van der Waals surface area contributed by atoms with Crippen molar-refractivity contribution in [3.05, 3.63) is 11.1 Å². The van der Waals surface area contributed by atoms with Crippen LogP contribution in [0.3, 0.4) is 0 Å². The molecule has 0 unspecified atom stereocenters. The maximum absolute atomic E-state index is 12.4. The second kappa shape index (κ2) is 5.40. The van der Waals surface area contributed by atoms with Gasteiger partial charge >= 0.3 is 6.03 Å². The van der Waals surface area contributed by atoms with Gasteiger partial charge in [0.05, 0.1) is 6.20 Å². The van der Waals surface area contributed by atoms with Crippen molar-refractivity contribution in [2.75, 3.05) is 38.1 Å². The van der Waals surface area contributed by atoms with Crippen LogP contribution in [0, 0.1) is 0 Å². The molecule has 6 nitrogen and oxygen atoms in total. The molecule has 1 aromatic rings. The van der Waals surface area contributed by atoms with Crippen LogP contribution in [0.2, 0.25) is 0 Å². The predicted molar refractivity (Wildman–Crippen MR) is 77.2 cm³/mol. The van der Waals surface area contributed by atoms with Crippen molar-refractivity contribution in [3.8, 4) is 0 Å². The first-order chi connectivity index (χ1) is 9.66. The third-order valence-electron chi connectivity index (χ3n) is 3.79. The molecule has 0 atom stereocenters. The SMILES string of the molecule is CN1CCN(c2ncc(C(=O)N3CCCCC3)s2)C1=O. The number of nitrogens with zero attached hydrogens (tertiary/aromatic N) is 4. The maximum atomic E-state index is 12.4. The van der Waals surface area contributed by atoms with Gasteiger partial charge in [-0.2, -0.15) is 0 Å². The number of hydrogen-bond donors (Lipinski definition) is 0. The van der Waals surface area contributed by atoms with E-state index >= 15 is 0 Å². The molecule has 0 aromatic carbocycles. The van der Waals surface area contributed by atoms with E-state index in [2.05, 4.69) is 4.98 Å². The first-order valence-electron chi connectivity index (χ1n) is 6.94. The molecule has 3 heterocycles. The molecule has 0 radical (unpaired) electrons. The number of likely N-dealkylation sites (tertiary alicyclic amines) is 1. The highest BCUT2D eigenvalue weighted by Gasteiger charge is 2.30. The van der Waals surface area contributed by atoms with Gasteiger partial charge in [0, 0.05) is 33.2 Å². The van der Waals surface area contributed by atoms with Gasteiger partial charge in [-0.25, -0.2) is 9.78 Å². The number of thiazole rings is 1. The number of aromatic nitrogens is 1. The third-order valence-corrected chi connectivity index (χ3v) is 4.80. The van der Waals surface area contributed by atoms with Crippen LogP contribution in [-0.4, -0.2) is 59.9 Å². The van der Waals surface area contributed by atoms with Crippen molar-refractivity contribution in [2.24, 2.45) is 0 Å². The Kier molecular flexibility index (Phi) is 3.60. The van der Waals surface area contributed by atoms with E-state index in [4.69, 9.17) is 0 Å². The number of amides is 3. The number of carbonyl (C=O) groups excluding carboxylic acids is 2. The summed E-state index contributed by atoms with van der Waals surface area (Å²) >= 11 is 1.31. The second-order valence-corrected chi connectivity index (χ2v) is 6.22. The molecule has 3 amide bonds. The largest absolute Gasteiger partial charge is 0.338 e. The Morgan fingerprint density at radius 3 is 2.60 bits per heavy atom. The third kappa shape index (κ3) is 2.37. The smallest absolute Gasteiger partial charge is 0.326 e. The molecule has 7 heteroatoms. The lowest BCUT2D eigenvalue weighted by molar-refractivity contribution is 0.0729. The second-order valence-electron chi connectivity index (χ2n) is 5.22. The fraction of sp³-hybridized carbons (Fsp3) is 0.615. The fourth-order valence-electron chi connectivity index (χ4n) is 2.57. The molecule has 2 aliphatic heterocycles. The highest BCUT2D eigenvalue weighted by Crippen LogP contribution is 2.27. The van der Waals surface area contributed by atoms with Gasteiger partial charge < -0.3 is 9.80 Å². The lowest BCUT2D eigenvalue weighted by Crippen LogP contribution is -2.35. The topological polar surface area (TPSA) is 56.8 Å². The summed E-state index contributed by atoms with van der Waals surface area (Å²) in [5.41, 5.74) is 0. The summed E-state index contributed by atoms with van der Waals surface area (Å²) < 4.78 is 0. The first-order valence-corrected chi connectivity index (χ1v) is 7.76. The molecule has 2 saturated heterocycles. The lowest BCUT2D eigenvalue weighted by atomic mass is 10.1. The number of rotatable bonds is 2. The summed E-state index contributed by atoms with van der Waals surface area (Å²) in [5.74, 6) is 0.0495. The molecule has 2 fully saturated rings. The summed E-state index contributed by atoms with van der Waals surface area (Å²) in [4.78, 5) is 34.3. The van der Waals surface area contributed by atoms with Crippen LogP contribution in [0.4, 0.5) is 9.93 Å². The minimum absolute atomic E-state index is 0.0451. The van der Waals surface area contributed by atoms with Crippen LogP contribution in [0.1, 0.15) is 28.9 Å². The number of likely N-dealkylation sites (N-methyl/N-ethyl adjacent to an activating group) is 1. The zero-order valence-electron chi connectivity index (χ0n) is 11.5. The Balaban J connectivity index is 1.73. The van der Waals surface area contributed by atoms with E-state index in [1.807, 2.05) is 4.90 Å². The van der Waals surface area contributed by atoms with Crippen LogP contribution >= 0.6 is 11.3 Å². The zero-order valence-corrected chi connectivity index (χ0v) is 12.4. The minimum atomic E-state index is -0.0451. The van der Waals surface area contributed by atoms with Gasteiger partial charge in [-0.3, -0.25) is 9.69 Å². The van der Waals surface area contributed by atoms with Gasteiger partial charge in [-0.1, -0.05) is 11.3 Å². The summed E-state index contributed by atoms with van der Waals surface area (Å²) in [6.45, 7) is 3.00. The normalized spacial score (nSPS) is 19.9. The Morgan fingerprint density at radius 1 is 1.20 bits per heavy atom. The highest BCUT2D eigenvalue weighted by atomic mass is 32.1. The molecule has 1 aromatic heterocycles. The molecule has 20 heavy (non-hydrogen) atoms. The monoisotopic (exact) mass is 294 g/mol. The van der Waals surface area contributed by atoms with E-state index in [9.17, 15) is 9.59 Å². The quantitative estimate of drug-likeness (QED) is 0.833. The maximum Gasteiger partial charge on any atom is 0.326 e. The predicted octanol–water partition coefficient (Wildman–Crippen LogP) is 1.64. The molecular weight excluding hydrogens is 276 g/mol. The van der Waals surface area contributed by atoms with Gasteiger partial charge in [0.15, 0.2) is 5.13 Å². The number of urea groups is 1. The summed E-state index contributed by atoms with van der Waals surface area (Å²) in [6, 6.07) is -0.0451. The Morgan fingerprint density at radius 2 is 1.95 bits per heavy atom. The van der Waals surface area contributed by atoms with Gasteiger partial charge in [-0.15, -0.1) is 0 Å². The van der Waals surface area contributed by atoms with Gasteiger partial charge in [0.25, 0.3) is 5.91 Å². The number of hydrogen-bond acceptors (Lipinski definition) is 4. The lowest BCUT2D eigenvalue weighted by Gasteiger charge is -2.25. The van der Waals surface area contributed by atoms with E-state index in [0.717, 1.165) is 25.9 Å². The van der Waals surface area contributed by atoms with Crippen LogP contribution in [0.5, 0.6) is 0 Å². The number of anilines is 1. The van der Waals surface area contributed by atoms with Gasteiger partial charge in [-0.05, 0) is 19.3 Å². The summed E-state index contributed by atoms with van der Waals surface area (Å²) in [5, 5.41) is 0.625. The zero-order chi connectivity index (χ0) is 14.1. The number of piperidine rings is 1. The first kappa shape index (κ1) is 13.4. The Hall–Kier alpha value is -1.63. The van der Waals surface area contributed by atoms with Crippen molar-refractivity contribution in [1.82, 2.24) is 14.8 Å². The molecule has 0 saturated carbocycles. The Bertz CT molecular complexity index is 524. The van der Waals surface area contributed by atoms with E-state index in [1.165, 1.54) is 17.8 Å². The van der Waals surface area contributed by atoms with Crippen LogP contribution in [0.15, 0.2) is 6.20 Å². The molecule has 3 rings (SSSR count). The standard InChI is InChI=1S/C13H18N4O2S/c1-15-7-8-17(13(15)19)12-14-9-10(20-12)11(18)16-5-3-2-4-6-16/h9H,2-8H2,1H3. The van der Waals surface area contributed by atoms with Crippen molar-refractivity contribution in [2.45, 2.75) is 19.3 Å². The highest BCUT2D eigenvalue weighted by molar-refractivity contribution is 7.17. The molecule has 0 aliphatic carbocycles. The average Bonchev–Trinajstić information content (AvgIpc) is 3.08. The molecule has 2 aliphatic rings.